The molecular weight excluding hydrogens is 404 g/mol. The van der Waals surface area contributed by atoms with Crippen molar-refractivity contribution in [2.45, 2.75) is 18.7 Å². The molecule has 1 saturated heterocycles. The van der Waals surface area contributed by atoms with Crippen LogP contribution in [0.25, 0.3) is 0 Å². The predicted molar refractivity (Wildman–Crippen MR) is 108 cm³/mol. The Morgan fingerprint density at radius 2 is 1.94 bits per heavy atom. The molecule has 0 saturated carbocycles. The van der Waals surface area contributed by atoms with Crippen molar-refractivity contribution in [3.05, 3.63) is 65.2 Å². The number of rotatable bonds is 10. The molecule has 9 nitrogen and oxygen atoms in total. The molecule has 2 aromatic rings. The Morgan fingerprint density at radius 1 is 1.13 bits per heavy atom. The van der Waals surface area contributed by atoms with Crippen molar-refractivity contribution in [2.75, 3.05) is 33.7 Å². The van der Waals surface area contributed by atoms with Crippen LogP contribution in [0.1, 0.15) is 28.8 Å². The number of hydrogen-bond acceptors (Lipinski definition) is 6. The molecule has 164 valence electrons. The number of carbonyl (C=O) groups is 2. The summed E-state index contributed by atoms with van der Waals surface area (Å²) in [6.07, 6.45) is 0. The number of fused-ring (bicyclic) bond motifs is 4. The standard InChI is InChI=1S/C22H24N2O7/c1-28-9-10-29-14-30-16-7-8-17-18(11-16)19-12-23(20(17)21(25)26)22(27)24(19)31-13-15-5-3-2-4-6-15/h2-8,11,19-20H,9-10,12-14H2,1H3,(H,25,26)/t19-,20+/m0/s1. The van der Waals surface area contributed by atoms with Gasteiger partial charge < -0.3 is 24.2 Å². The molecule has 1 fully saturated rings. The molecule has 0 aromatic heterocycles. The van der Waals surface area contributed by atoms with E-state index in [1.165, 1.54) is 9.96 Å². The van der Waals surface area contributed by atoms with E-state index in [2.05, 4.69) is 0 Å². The van der Waals surface area contributed by atoms with E-state index in [0.717, 1.165) is 5.56 Å². The number of methoxy groups -OCH3 is 1. The molecule has 0 aliphatic carbocycles. The van der Waals surface area contributed by atoms with Crippen LogP contribution in [-0.2, 0) is 25.7 Å². The lowest BCUT2D eigenvalue weighted by Gasteiger charge is -2.30. The lowest BCUT2D eigenvalue weighted by molar-refractivity contribution is -0.143. The van der Waals surface area contributed by atoms with E-state index in [-0.39, 0.29) is 19.9 Å². The maximum atomic E-state index is 12.9. The third-order valence-corrected chi connectivity index (χ3v) is 5.30. The van der Waals surface area contributed by atoms with Crippen molar-refractivity contribution >= 4 is 12.0 Å². The molecule has 2 aromatic carbocycles. The summed E-state index contributed by atoms with van der Waals surface area (Å²) in [4.78, 5) is 32.1. The molecule has 2 aliphatic rings. The Morgan fingerprint density at radius 3 is 2.68 bits per heavy atom. The molecule has 2 atom stereocenters. The Bertz CT molecular complexity index is 937. The van der Waals surface area contributed by atoms with Crippen LogP contribution in [0, 0.1) is 0 Å². The van der Waals surface area contributed by atoms with E-state index < -0.39 is 24.1 Å². The number of carboxylic acid groups (broad SMARTS) is 1. The zero-order valence-electron chi connectivity index (χ0n) is 17.1. The van der Waals surface area contributed by atoms with Crippen LogP contribution >= 0.6 is 0 Å². The SMILES string of the molecule is COCCOCOc1ccc2c(c1)[C@@H]1CN(C(=O)N1OCc1ccccc1)[C@H]2C(=O)O. The highest BCUT2D eigenvalue weighted by molar-refractivity contribution is 5.87. The van der Waals surface area contributed by atoms with Crippen LogP contribution in [0.5, 0.6) is 5.75 Å². The van der Waals surface area contributed by atoms with Gasteiger partial charge in [-0.1, -0.05) is 36.4 Å². The molecule has 2 amide bonds. The fraction of sp³-hybridized carbons (Fsp3) is 0.364. The summed E-state index contributed by atoms with van der Waals surface area (Å²) in [7, 11) is 1.59. The van der Waals surface area contributed by atoms with Crippen LogP contribution < -0.4 is 4.74 Å². The fourth-order valence-electron chi connectivity index (χ4n) is 3.83. The highest BCUT2D eigenvalue weighted by Gasteiger charge is 2.51. The maximum absolute atomic E-state index is 12.9. The van der Waals surface area contributed by atoms with Crippen LogP contribution in [0.3, 0.4) is 0 Å². The molecule has 9 heteroatoms. The van der Waals surface area contributed by atoms with E-state index in [0.29, 0.717) is 30.1 Å². The fourth-order valence-corrected chi connectivity index (χ4v) is 3.83. The number of benzene rings is 2. The first kappa shape index (κ1) is 21.1. The Balaban J connectivity index is 1.55. The second-order valence-electron chi connectivity index (χ2n) is 7.23. The van der Waals surface area contributed by atoms with Gasteiger partial charge in [-0.25, -0.2) is 9.59 Å². The average molecular weight is 428 g/mol. The first-order chi connectivity index (χ1) is 15.1. The maximum Gasteiger partial charge on any atom is 0.345 e. The third-order valence-electron chi connectivity index (χ3n) is 5.30. The van der Waals surface area contributed by atoms with Gasteiger partial charge in [0, 0.05) is 7.11 Å². The summed E-state index contributed by atoms with van der Waals surface area (Å²) >= 11 is 0. The normalized spacial score (nSPS) is 19.5. The van der Waals surface area contributed by atoms with Gasteiger partial charge in [-0.2, -0.15) is 5.06 Å². The van der Waals surface area contributed by atoms with Gasteiger partial charge >= 0.3 is 12.0 Å². The van der Waals surface area contributed by atoms with Crippen molar-refractivity contribution in [3.63, 3.8) is 0 Å². The van der Waals surface area contributed by atoms with Crippen molar-refractivity contribution in [1.29, 1.82) is 0 Å². The van der Waals surface area contributed by atoms with Crippen LogP contribution in [-0.4, -0.2) is 60.7 Å². The van der Waals surface area contributed by atoms with Gasteiger partial charge in [0.05, 0.1) is 19.8 Å². The number of urea groups is 1. The van der Waals surface area contributed by atoms with E-state index in [1.807, 2.05) is 30.3 Å². The molecule has 0 spiro atoms. The van der Waals surface area contributed by atoms with Crippen molar-refractivity contribution in [2.24, 2.45) is 0 Å². The molecule has 31 heavy (non-hydrogen) atoms. The van der Waals surface area contributed by atoms with E-state index in [9.17, 15) is 14.7 Å². The monoisotopic (exact) mass is 428 g/mol. The number of hydroxylamine groups is 2. The van der Waals surface area contributed by atoms with Gasteiger partial charge in [0.25, 0.3) is 0 Å². The summed E-state index contributed by atoms with van der Waals surface area (Å²) in [5.41, 5.74) is 2.15. The topological polar surface area (TPSA) is 97.8 Å². The smallest absolute Gasteiger partial charge is 0.345 e. The lowest BCUT2D eigenvalue weighted by Crippen LogP contribution is -2.38. The second kappa shape index (κ2) is 9.34. The summed E-state index contributed by atoms with van der Waals surface area (Å²) in [5.74, 6) is -0.564. The van der Waals surface area contributed by atoms with Crippen molar-refractivity contribution in [1.82, 2.24) is 9.96 Å². The first-order valence-electron chi connectivity index (χ1n) is 9.93. The molecule has 0 unspecified atom stereocenters. The van der Waals surface area contributed by atoms with E-state index in [1.54, 1.807) is 25.3 Å². The molecule has 2 bridgehead atoms. The molecular formula is C22H24N2O7. The highest BCUT2D eigenvalue weighted by Crippen LogP contribution is 2.45. The second-order valence-corrected chi connectivity index (χ2v) is 7.23. The quantitative estimate of drug-likeness (QED) is 0.459. The van der Waals surface area contributed by atoms with Gasteiger partial charge in [0.2, 0.25) is 0 Å². The van der Waals surface area contributed by atoms with Gasteiger partial charge in [0.1, 0.15) is 18.4 Å². The number of carboxylic acids is 1. The highest BCUT2D eigenvalue weighted by atomic mass is 16.7. The van der Waals surface area contributed by atoms with Crippen LogP contribution in [0.2, 0.25) is 0 Å². The third kappa shape index (κ3) is 4.34. The number of amides is 2. The van der Waals surface area contributed by atoms with E-state index in [4.69, 9.17) is 19.0 Å². The molecule has 4 rings (SSSR count). The minimum absolute atomic E-state index is 0.0362. The number of hydrogen-bond donors (Lipinski definition) is 1. The zero-order valence-corrected chi connectivity index (χ0v) is 17.1. The molecule has 2 heterocycles. The van der Waals surface area contributed by atoms with Gasteiger partial charge in [-0.3, -0.25) is 4.84 Å². The summed E-state index contributed by atoms with van der Waals surface area (Å²) in [6, 6.07) is 12.6. The number of aliphatic carboxylic acids is 1. The largest absolute Gasteiger partial charge is 0.479 e. The summed E-state index contributed by atoms with van der Waals surface area (Å²) < 4.78 is 15.9. The van der Waals surface area contributed by atoms with E-state index >= 15 is 0 Å². The Labute approximate surface area is 179 Å². The zero-order chi connectivity index (χ0) is 21.8. The minimum Gasteiger partial charge on any atom is -0.479 e. The average Bonchev–Trinajstić information content (AvgIpc) is 3.05. The minimum atomic E-state index is -1.09. The first-order valence-corrected chi connectivity index (χ1v) is 9.93. The van der Waals surface area contributed by atoms with Crippen molar-refractivity contribution in [3.8, 4) is 5.75 Å². The molecule has 2 aliphatic heterocycles. The molecule has 0 radical (unpaired) electrons. The summed E-state index contributed by atoms with van der Waals surface area (Å²) in [6.45, 7) is 1.32. The number of carbonyl (C=O) groups excluding carboxylic acids is 1. The predicted octanol–water partition coefficient (Wildman–Crippen LogP) is 2.74. The number of nitrogens with zero attached hydrogens (tertiary/aromatic N) is 2. The lowest BCUT2D eigenvalue weighted by atomic mass is 9.91. The van der Waals surface area contributed by atoms with Crippen LogP contribution in [0.4, 0.5) is 4.79 Å². The Hall–Kier alpha value is -3.14. The van der Waals surface area contributed by atoms with Crippen LogP contribution in [0.15, 0.2) is 48.5 Å². The van der Waals surface area contributed by atoms with Gasteiger partial charge in [0.15, 0.2) is 12.8 Å². The number of ether oxygens (including phenoxy) is 3. The van der Waals surface area contributed by atoms with Crippen molar-refractivity contribution < 1.29 is 33.7 Å². The van der Waals surface area contributed by atoms with Gasteiger partial charge in [-0.15, -0.1) is 0 Å². The Kier molecular flexibility index (Phi) is 6.36. The summed E-state index contributed by atoms with van der Waals surface area (Å²) in [5, 5.41) is 11.1. The molecule has 1 N–H and O–H groups in total. The van der Waals surface area contributed by atoms with Gasteiger partial charge in [-0.05, 0) is 28.8 Å².